The summed E-state index contributed by atoms with van der Waals surface area (Å²) in [5, 5.41) is 3.99. The van der Waals surface area contributed by atoms with Crippen LogP contribution >= 0.6 is 0 Å². The van der Waals surface area contributed by atoms with Gasteiger partial charge in [-0.3, -0.25) is 9.59 Å². The predicted octanol–water partition coefficient (Wildman–Crippen LogP) is 2.63. The summed E-state index contributed by atoms with van der Waals surface area (Å²) >= 11 is 0. The Kier molecular flexibility index (Phi) is 5.30. The molecule has 0 aliphatic heterocycles. The lowest BCUT2D eigenvalue weighted by Crippen LogP contribution is -2.29. The average molecular weight is 366 g/mol. The largest absolute Gasteiger partial charge is 0.453 e. The summed E-state index contributed by atoms with van der Waals surface area (Å²) in [5.41, 5.74) is 2.09. The number of ether oxygens (including phenoxy) is 1. The molecular formula is C20H18N2O5. The fourth-order valence-electron chi connectivity index (χ4n) is 2.47. The van der Waals surface area contributed by atoms with E-state index in [4.69, 9.17) is 9.15 Å². The molecular weight excluding hydrogens is 348 g/mol. The molecule has 0 N–H and O–H groups in total. The first-order valence-corrected chi connectivity index (χ1v) is 8.38. The summed E-state index contributed by atoms with van der Waals surface area (Å²) in [6, 6.07) is 15.8. The maximum atomic E-state index is 12.3. The number of Topliss-reactive ketones (excluding diaryl/α,β-unsaturated/α-hetero) is 1. The molecule has 1 atom stereocenters. The van der Waals surface area contributed by atoms with E-state index in [1.54, 1.807) is 36.4 Å². The quantitative estimate of drug-likeness (QED) is 0.492. The van der Waals surface area contributed by atoms with Crippen LogP contribution in [0, 0.1) is 6.92 Å². The highest BCUT2D eigenvalue weighted by Gasteiger charge is 2.21. The van der Waals surface area contributed by atoms with Crippen LogP contribution in [0.4, 0.5) is 0 Å². The van der Waals surface area contributed by atoms with E-state index in [0.29, 0.717) is 11.1 Å². The van der Waals surface area contributed by atoms with Crippen molar-refractivity contribution in [2.75, 3.05) is 0 Å². The molecule has 0 bridgehead atoms. The summed E-state index contributed by atoms with van der Waals surface area (Å²) in [7, 11) is 0. The molecule has 0 aliphatic rings. The summed E-state index contributed by atoms with van der Waals surface area (Å²) in [6.45, 7) is 2.96. The molecule has 0 aliphatic carbocycles. The van der Waals surface area contributed by atoms with Crippen molar-refractivity contribution in [1.82, 2.24) is 9.78 Å². The molecule has 7 nitrogen and oxygen atoms in total. The van der Waals surface area contributed by atoms with Gasteiger partial charge in [-0.25, -0.2) is 4.79 Å². The molecule has 1 aromatic heterocycles. The van der Waals surface area contributed by atoms with Crippen molar-refractivity contribution in [3.63, 3.8) is 0 Å². The van der Waals surface area contributed by atoms with Gasteiger partial charge >= 0.3 is 11.7 Å². The van der Waals surface area contributed by atoms with Gasteiger partial charge in [0.05, 0.1) is 0 Å². The highest BCUT2D eigenvalue weighted by atomic mass is 16.5. The molecule has 7 heteroatoms. The Bertz CT molecular complexity index is 1000. The third kappa shape index (κ3) is 4.38. The standard InChI is InChI=1S/C20H18N2O5/c1-13-8-10-15(11-9-13)18(24)14(2)26-17(23)12-22-20(25)27-19(21-22)16-6-4-3-5-7-16/h3-11,14H,12H2,1-2H3/t14-/m0/s1. The maximum absolute atomic E-state index is 12.3. The summed E-state index contributed by atoms with van der Waals surface area (Å²) in [6.07, 6.45) is -0.976. The van der Waals surface area contributed by atoms with Gasteiger partial charge in [-0.2, -0.15) is 4.68 Å². The monoisotopic (exact) mass is 366 g/mol. The topological polar surface area (TPSA) is 91.4 Å². The van der Waals surface area contributed by atoms with Crippen LogP contribution in [0.3, 0.4) is 0 Å². The fourth-order valence-corrected chi connectivity index (χ4v) is 2.47. The summed E-state index contributed by atoms with van der Waals surface area (Å²) in [4.78, 5) is 36.3. The van der Waals surface area contributed by atoms with E-state index in [1.165, 1.54) is 6.92 Å². The van der Waals surface area contributed by atoms with Gasteiger partial charge in [-0.15, -0.1) is 5.10 Å². The van der Waals surface area contributed by atoms with Gasteiger partial charge in [0.25, 0.3) is 0 Å². The molecule has 3 rings (SSSR count). The number of nitrogens with zero attached hydrogens (tertiary/aromatic N) is 2. The minimum absolute atomic E-state index is 0.109. The molecule has 0 fully saturated rings. The Morgan fingerprint density at radius 2 is 1.78 bits per heavy atom. The molecule has 0 amide bonds. The number of carbonyl (C=O) groups excluding carboxylic acids is 2. The van der Waals surface area contributed by atoms with Crippen LogP contribution in [0.15, 0.2) is 63.8 Å². The van der Waals surface area contributed by atoms with Crippen LogP contribution < -0.4 is 5.76 Å². The van der Waals surface area contributed by atoms with Crippen molar-refractivity contribution in [2.24, 2.45) is 0 Å². The van der Waals surface area contributed by atoms with E-state index in [-0.39, 0.29) is 11.7 Å². The van der Waals surface area contributed by atoms with Crippen LogP contribution in [-0.4, -0.2) is 27.6 Å². The van der Waals surface area contributed by atoms with E-state index in [9.17, 15) is 14.4 Å². The van der Waals surface area contributed by atoms with Crippen molar-refractivity contribution in [2.45, 2.75) is 26.5 Å². The zero-order chi connectivity index (χ0) is 19.4. The minimum Gasteiger partial charge on any atom is -0.453 e. The second-order valence-corrected chi connectivity index (χ2v) is 6.06. The summed E-state index contributed by atoms with van der Waals surface area (Å²) in [5.74, 6) is -1.74. The van der Waals surface area contributed by atoms with Gasteiger partial charge in [0, 0.05) is 11.1 Å². The fraction of sp³-hybridized carbons (Fsp3) is 0.200. The number of rotatable bonds is 6. The Hall–Kier alpha value is -3.48. The highest BCUT2D eigenvalue weighted by Crippen LogP contribution is 2.14. The summed E-state index contributed by atoms with van der Waals surface area (Å²) < 4.78 is 11.1. The first-order valence-electron chi connectivity index (χ1n) is 8.38. The number of hydrogen-bond acceptors (Lipinski definition) is 6. The van der Waals surface area contributed by atoms with Crippen LogP contribution in [0.1, 0.15) is 22.8 Å². The number of carbonyl (C=O) groups is 2. The number of aromatic nitrogens is 2. The molecule has 2 aromatic carbocycles. The van der Waals surface area contributed by atoms with Gasteiger partial charge in [0.1, 0.15) is 6.54 Å². The smallest absolute Gasteiger partial charge is 0.437 e. The lowest BCUT2D eigenvalue weighted by Gasteiger charge is -2.12. The minimum atomic E-state index is -0.976. The number of aryl methyl sites for hydroxylation is 1. The van der Waals surface area contributed by atoms with E-state index in [2.05, 4.69) is 5.10 Å². The van der Waals surface area contributed by atoms with Crippen LogP contribution in [0.2, 0.25) is 0 Å². The van der Waals surface area contributed by atoms with Crippen molar-refractivity contribution < 1.29 is 18.7 Å². The van der Waals surface area contributed by atoms with Gasteiger partial charge in [-0.05, 0) is 26.0 Å². The maximum Gasteiger partial charge on any atom is 0.437 e. The second kappa shape index (κ2) is 7.82. The Labute approximate surface area is 155 Å². The molecule has 3 aromatic rings. The normalized spacial score (nSPS) is 11.8. The van der Waals surface area contributed by atoms with Gasteiger partial charge < -0.3 is 9.15 Å². The number of esters is 1. The molecule has 0 unspecified atom stereocenters. The molecule has 0 saturated heterocycles. The SMILES string of the molecule is Cc1ccc(C(=O)[C@H](C)OC(=O)Cn2nc(-c3ccccc3)oc2=O)cc1. The molecule has 27 heavy (non-hydrogen) atoms. The van der Waals surface area contributed by atoms with Gasteiger partial charge in [0.15, 0.2) is 6.10 Å². The molecule has 0 spiro atoms. The first kappa shape index (κ1) is 18.3. The van der Waals surface area contributed by atoms with Crippen molar-refractivity contribution in [3.05, 3.63) is 76.3 Å². The third-order valence-electron chi connectivity index (χ3n) is 3.92. The molecule has 0 radical (unpaired) electrons. The first-order chi connectivity index (χ1) is 12.9. The zero-order valence-electron chi connectivity index (χ0n) is 14.9. The van der Waals surface area contributed by atoms with Gasteiger partial charge in [-0.1, -0.05) is 48.0 Å². The van der Waals surface area contributed by atoms with Crippen LogP contribution in [0.5, 0.6) is 0 Å². The van der Waals surface area contributed by atoms with E-state index < -0.39 is 24.4 Å². The highest BCUT2D eigenvalue weighted by molar-refractivity contribution is 6.00. The Morgan fingerprint density at radius 3 is 2.44 bits per heavy atom. The number of hydrogen-bond donors (Lipinski definition) is 0. The molecule has 1 heterocycles. The van der Waals surface area contributed by atoms with Crippen molar-refractivity contribution in [1.29, 1.82) is 0 Å². The Morgan fingerprint density at radius 1 is 1.11 bits per heavy atom. The number of benzene rings is 2. The molecule has 0 saturated carbocycles. The van der Waals surface area contributed by atoms with Crippen LogP contribution in [-0.2, 0) is 16.1 Å². The lowest BCUT2D eigenvalue weighted by molar-refractivity contribution is -0.147. The molecule has 138 valence electrons. The van der Waals surface area contributed by atoms with Gasteiger partial charge in [0.2, 0.25) is 11.7 Å². The van der Waals surface area contributed by atoms with Crippen molar-refractivity contribution >= 4 is 11.8 Å². The Balaban J connectivity index is 1.65. The zero-order valence-corrected chi connectivity index (χ0v) is 14.9. The predicted molar refractivity (Wildman–Crippen MR) is 97.3 cm³/mol. The lowest BCUT2D eigenvalue weighted by atomic mass is 10.1. The average Bonchev–Trinajstić information content (AvgIpc) is 3.03. The van der Waals surface area contributed by atoms with E-state index in [0.717, 1.165) is 10.2 Å². The second-order valence-electron chi connectivity index (χ2n) is 6.06. The van der Waals surface area contributed by atoms with Crippen LogP contribution in [0.25, 0.3) is 11.5 Å². The number of ketones is 1. The van der Waals surface area contributed by atoms with E-state index >= 15 is 0 Å². The van der Waals surface area contributed by atoms with Crippen molar-refractivity contribution in [3.8, 4) is 11.5 Å². The van der Waals surface area contributed by atoms with E-state index in [1.807, 2.05) is 25.1 Å². The third-order valence-corrected chi connectivity index (χ3v) is 3.92.